The van der Waals surface area contributed by atoms with E-state index >= 15 is 0 Å². The second-order valence-electron chi connectivity index (χ2n) is 9.23. The molecule has 2 aliphatic rings. The summed E-state index contributed by atoms with van der Waals surface area (Å²) in [5.41, 5.74) is 8.13. The third-order valence-electron chi connectivity index (χ3n) is 6.76. The highest BCUT2D eigenvalue weighted by molar-refractivity contribution is 7.89. The van der Waals surface area contributed by atoms with Crippen LogP contribution in [0.5, 0.6) is 0 Å². The number of halogens is 1. The maximum Gasteiger partial charge on any atom is 0.246 e. The molecule has 2 N–H and O–H groups in total. The van der Waals surface area contributed by atoms with Crippen molar-refractivity contribution in [3.05, 3.63) is 52.8 Å². The first-order valence-corrected chi connectivity index (χ1v) is 12.8. The largest absolute Gasteiger partial charge is 0.376 e. The van der Waals surface area contributed by atoms with Crippen molar-refractivity contribution in [3.63, 3.8) is 0 Å². The van der Waals surface area contributed by atoms with Crippen LogP contribution in [0.1, 0.15) is 23.6 Å². The molecule has 4 rings (SSSR count). The number of nitrogens with zero attached hydrogens (tertiary/aromatic N) is 4. The van der Waals surface area contributed by atoms with E-state index in [9.17, 15) is 13.2 Å². The Hall–Kier alpha value is -2.20. The summed E-state index contributed by atoms with van der Waals surface area (Å²) in [5.74, 6) is 0.0110. The monoisotopic (exact) mass is 491 g/mol. The number of nitrogens with two attached hydrogens (primary N) is 1. The van der Waals surface area contributed by atoms with E-state index in [1.165, 1.54) is 6.20 Å². The maximum absolute atomic E-state index is 13.4. The molecule has 10 heteroatoms. The molecule has 178 valence electrons. The zero-order valence-electron chi connectivity index (χ0n) is 19.1. The first-order chi connectivity index (χ1) is 15.6. The van der Waals surface area contributed by atoms with Gasteiger partial charge in [-0.05, 0) is 42.0 Å². The minimum Gasteiger partial charge on any atom is -0.376 e. The molecule has 1 aromatic carbocycles. The molecule has 1 aromatic heterocycles. The number of benzene rings is 1. The van der Waals surface area contributed by atoms with Gasteiger partial charge in [0.2, 0.25) is 15.9 Å². The van der Waals surface area contributed by atoms with Gasteiger partial charge in [0, 0.05) is 70.2 Å². The van der Waals surface area contributed by atoms with E-state index in [2.05, 4.69) is 9.88 Å². The second kappa shape index (κ2) is 9.21. The van der Waals surface area contributed by atoms with E-state index in [-0.39, 0.29) is 35.1 Å². The van der Waals surface area contributed by atoms with Crippen LogP contribution in [-0.4, -0.2) is 68.8 Å². The molecule has 33 heavy (non-hydrogen) atoms. The molecule has 2 aliphatic heterocycles. The van der Waals surface area contributed by atoms with E-state index in [0.717, 1.165) is 11.1 Å². The van der Waals surface area contributed by atoms with Crippen molar-refractivity contribution < 1.29 is 13.2 Å². The highest BCUT2D eigenvalue weighted by atomic mass is 35.5. The Morgan fingerprint density at radius 3 is 2.45 bits per heavy atom. The molecule has 2 aromatic rings. The van der Waals surface area contributed by atoms with Crippen LogP contribution in [-0.2, 0) is 14.8 Å². The van der Waals surface area contributed by atoms with E-state index < -0.39 is 10.0 Å². The van der Waals surface area contributed by atoms with Crippen LogP contribution in [0, 0.1) is 18.8 Å². The van der Waals surface area contributed by atoms with Crippen molar-refractivity contribution in [2.75, 3.05) is 45.2 Å². The van der Waals surface area contributed by atoms with Gasteiger partial charge in [0.1, 0.15) is 4.90 Å². The Bertz CT molecular complexity index is 1140. The number of anilines is 1. The molecule has 0 spiro atoms. The first-order valence-electron chi connectivity index (χ1n) is 11.0. The number of carbonyl (C=O) groups excluding carboxylic acids is 1. The second-order valence-corrected chi connectivity index (χ2v) is 11.5. The van der Waals surface area contributed by atoms with E-state index in [4.69, 9.17) is 17.3 Å². The summed E-state index contributed by atoms with van der Waals surface area (Å²) >= 11 is 6.34. The number of likely N-dealkylation sites (tertiary alicyclic amines) is 1. The van der Waals surface area contributed by atoms with Crippen LogP contribution >= 0.6 is 11.6 Å². The van der Waals surface area contributed by atoms with Crippen molar-refractivity contribution in [1.29, 1.82) is 0 Å². The number of hydrogen-bond acceptors (Lipinski definition) is 6. The standard InChI is InChI=1S/C23H30ClN5O3S/c1-15-4-5-16(8-19(15)24)21(9-23(25)30)28-11-17-13-29(14-18(17)12-28)33(31,32)22-10-26-7-6-20(22)27(2)3/h4-8,10,17-18,21H,9,11-14H2,1-3H3,(H2,25,30). The fourth-order valence-corrected chi connectivity index (χ4v) is 6.93. The number of fused-ring (bicyclic) bond motifs is 1. The van der Waals surface area contributed by atoms with Gasteiger partial charge in [0.05, 0.1) is 5.69 Å². The van der Waals surface area contributed by atoms with E-state index in [0.29, 0.717) is 36.9 Å². The van der Waals surface area contributed by atoms with E-state index in [1.807, 2.05) is 39.2 Å². The normalized spacial score (nSPS) is 22.3. The summed E-state index contributed by atoms with van der Waals surface area (Å²) < 4.78 is 28.4. The minimum atomic E-state index is -3.66. The fraction of sp³-hybridized carbons (Fsp3) is 0.478. The lowest BCUT2D eigenvalue weighted by Gasteiger charge is -2.29. The average Bonchev–Trinajstić information content (AvgIpc) is 3.34. The van der Waals surface area contributed by atoms with Gasteiger partial charge in [-0.25, -0.2) is 8.42 Å². The quantitative estimate of drug-likeness (QED) is 0.637. The van der Waals surface area contributed by atoms with Gasteiger partial charge < -0.3 is 10.6 Å². The molecule has 1 amide bonds. The van der Waals surface area contributed by atoms with Gasteiger partial charge in [-0.2, -0.15) is 4.31 Å². The van der Waals surface area contributed by atoms with Crippen molar-refractivity contribution in [2.24, 2.45) is 17.6 Å². The molecule has 0 radical (unpaired) electrons. The molecule has 0 aliphatic carbocycles. The predicted octanol–water partition coefficient (Wildman–Crippen LogP) is 2.28. The summed E-state index contributed by atoms with van der Waals surface area (Å²) in [6.45, 7) is 4.24. The number of pyridine rings is 1. The van der Waals surface area contributed by atoms with Crippen molar-refractivity contribution >= 4 is 33.2 Å². The number of carbonyl (C=O) groups is 1. The van der Waals surface area contributed by atoms with Gasteiger partial charge in [-0.1, -0.05) is 23.7 Å². The number of primary amides is 1. The number of amides is 1. The third kappa shape index (κ3) is 4.73. The smallest absolute Gasteiger partial charge is 0.246 e. The third-order valence-corrected chi connectivity index (χ3v) is 9.01. The number of aromatic nitrogens is 1. The fourth-order valence-electron chi connectivity index (χ4n) is 4.98. The molecular weight excluding hydrogens is 462 g/mol. The van der Waals surface area contributed by atoms with Crippen LogP contribution < -0.4 is 10.6 Å². The molecule has 3 unspecified atom stereocenters. The van der Waals surface area contributed by atoms with Crippen LogP contribution in [0.2, 0.25) is 5.02 Å². The van der Waals surface area contributed by atoms with Crippen LogP contribution in [0.25, 0.3) is 0 Å². The Kier molecular flexibility index (Phi) is 6.68. The summed E-state index contributed by atoms with van der Waals surface area (Å²) in [6, 6.07) is 7.39. The zero-order chi connectivity index (χ0) is 23.9. The summed E-state index contributed by atoms with van der Waals surface area (Å²) in [7, 11) is -0.0154. The number of hydrogen-bond donors (Lipinski definition) is 1. The lowest BCUT2D eigenvalue weighted by Crippen LogP contribution is -2.36. The van der Waals surface area contributed by atoms with Crippen LogP contribution in [0.15, 0.2) is 41.6 Å². The SMILES string of the molecule is Cc1ccc(C(CC(N)=O)N2CC3CN(S(=O)(=O)c4cnccc4N(C)C)CC3C2)cc1Cl. The number of sulfonamides is 1. The molecule has 3 atom stereocenters. The number of aryl methyl sites for hydroxylation is 1. The topological polar surface area (TPSA) is 99.8 Å². The molecule has 0 saturated carbocycles. The predicted molar refractivity (Wildman–Crippen MR) is 129 cm³/mol. The lowest BCUT2D eigenvalue weighted by atomic mass is 10.0. The Balaban J connectivity index is 1.52. The van der Waals surface area contributed by atoms with Crippen molar-refractivity contribution in [2.45, 2.75) is 24.3 Å². The van der Waals surface area contributed by atoms with Crippen LogP contribution in [0.4, 0.5) is 5.69 Å². The van der Waals surface area contributed by atoms with Gasteiger partial charge in [0.25, 0.3) is 0 Å². The highest BCUT2D eigenvalue weighted by Crippen LogP contribution is 2.40. The Morgan fingerprint density at radius 2 is 1.88 bits per heavy atom. The molecule has 2 fully saturated rings. The Labute approximate surface area is 200 Å². The summed E-state index contributed by atoms with van der Waals surface area (Å²) in [4.78, 5) is 20.1. The molecule has 2 saturated heterocycles. The highest BCUT2D eigenvalue weighted by Gasteiger charge is 2.46. The molecular formula is C23H30ClN5O3S. The van der Waals surface area contributed by atoms with Gasteiger partial charge in [-0.15, -0.1) is 0 Å². The lowest BCUT2D eigenvalue weighted by molar-refractivity contribution is -0.119. The first kappa shape index (κ1) is 23.9. The maximum atomic E-state index is 13.4. The Morgan fingerprint density at radius 1 is 1.21 bits per heavy atom. The molecule has 8 nitrogen and oxygen atoms in total. The zero-order valence-corrected chi connectivity index (χ0v) is 20.7. The van der Waals surface area contributed by atoms with Crippen molar-refractivity contribution in [3.8, 4) is 0 Å². The summed E-state index contributed by atoms with van der Waals surface area (Å²) in [5, 5.41) is 0.659. The summed E-state index contributed by atoms with van der Waals surface area (Å²) in [6.07, 6.45) is 3.22. The minimum absolute atomic E-state index is 0.171. The van der Waals surface area contributed by atoms with Gasteiger partial charge >= 0.3 is 0 Å². The van der Waals surface area contributed by atoms with Crippen molar-refractivity contribution in [1.82, 2.24) is 14.2 Å². The number of rotatable bonds is 7. The molecule has 3 heterocycles. The van der Waals surface area contributed by atoms with E-state index in [1.54, 1.807) is 21.5 Å². The molecule has 0 bridgehead atoms. The van der Waals surface area contributed by atoms with Crippen LogP contribution in [0.3, 0.4) is 0 Å². The van der Waals surface area contributed by atoms with Gasteiger partial charge in [-0.3, -0.25) is 14.7 Å². The van der Waals surface area contributed by atoms with Gasteiger partial charge in [0.15, 0.2) is 0 Å². The average molecular weight is 492 g/mol.